The van der Waals surface area contributed by atoms with Gasteiger partial charge in [-0.25, -0.2) is 13.2 Å². The number of aryl methyl sites for hydroxylation is 1. The number of aromatic nitrogens is 1. The van der Waals surface area contributed by atoms with Gasteiger partial charge < -0.3 is 10.1 Å². The SMILES string of the molecule is CC(=O)NCc1ccc(F)c(-n2c(C)cc(OCc3ccc(F)cc3F)c(Cl)c2=O)c1. The molecule has 0 fully saturated rings. The highest BCUT2D eigenvalue weighted by Gasteiger charge is 2.17. The molecular weight excluding hydrogens is 433 g/mol. The summed E-state index contributed by atoms with van der Waals surface area (Å²) in [5.41, 5.74) is 0.215. The molecule has 0 radical (unpaired) electrons. The monoisotopic (exact) mass is 450 g/mol. The quantitative estimate of drug-likeness (QED) is 0.604. The number of pyridine rings is 1. The molecule has 1 heterocycles. The largest absolute Gasteiger partial charge is 0.487 e. The van der Waals surface area contributed by atoms with E-state index in [1.807, 2.05) is 0 Å². The highest BCUT2D eigenvalue weighted by atomic mass is 35.5. The number of carbonyl (C=O) groups excluding carboxylic acids is 1. The smallest absolute Gasteiger partial charge is 0.277 e. The van der Waals surface area contributed by atoms with Crippen LogP contribution in [0, 0.1) is 24.4 Å². The number of halogens is 4. The van der Waals surface area contributed by atoms with Gasteiger partial charge in [-0.05, 0) is 36.8 Å². The molecule has 1 aromatic heterocycles. The minimum atomic E-state index is -0.792. The summed E-state index contributed by atoms with van der Waals surface area (Å²) in [4.78, 5) is 24.0. The molecule has 162 valence electrons. The van der Waals surface area contributed by atoms with Crippen LogP contribution in [0.5, 0.6) is 5.75 Å². The Kier molecular flexibility index (Phi) is 6.70. The average Bonchev–Trinajstić information content (AvgIpc) is 2.71. The topological polar surface area (TPSA) is 60.3 Å². The first-order valence-electron chi connectivity index (χ1n) is 9.19. The van der Waals surface area contributed by atoms with E-state index in [-0.39, 0.29) is 41.1 Å². The second-order valence-electron chi connectivity index (χ2n) is 6.82. The summed E-state index contributed by atoms with van der Waals surface area (Å²) in [5.74, 6) is -2.44. The Morgan fingerprint density at radius 1 is 1.10 bits per heavy atom. The predicted octanol–water partition coefficient (Wildman–Crippen LogP) is 4.43. The molecule has 0 bridgehead atoms. The van der Waals surface area contributed by atoms with Crippen molar-refractivity contribution in [1.82, 2.24) is 9.88 Å². The predicted molar refractivity (Wildman–Crippen MR) is 110 cm³/mol. The van der Waals surface area contributed by atoms with Crippen molar-refractivity contribution in [2.75, 3.05) is 0 Å². The van der Waals surface area contributed by atoms with Gasteiger partial charge in [0.05, 0.1) is 5.69 Å². The van der Waals surface area contributed by atoms with Gasteiger partial charge in [-0.3, -0.25) is 14.2 Å². The molecule has 3 aromatic rings. The molecule has 0 spiro atoms. The molecule has 0 aliphatic carbocycles. The van der Waals surface area contributed by atoms with Gasteiger partial charge in [-0.1, -0.05) is 17.7 Å². The van der Waals surface area contributed by atoms with E-state index in [1.54, 1.807) is 6.92 Å². The Bertz CT molecular complexity index is 1210. The molecule has 31 heavy (non-hydrogen) atoms. The second kappa shape index (κ2) is 9.26. The Balaban J connectivity index is 1.94. The summed E-state index contributed by atoms with van der Waals surface area (Å²) in [6.45, 7) is 2.79. The summed E-state index contributed by atoms with van der Waals surface area (Å²) >= 11 is 6.15. The van der Waals surface area contributed by atoms with Crippen molar-refractivity contribution < 1.29 is 22.7 Å². The number of hydrogen-bond donors (Lipinski definition) is 1. The molecule has 3 rings (SSSR count). The van der Waals surface area contributed by atoms with Gasteiger partial charge in [-0.2, -0.15) is 0 Å². The first-order chi connectivity index (χ1) is 14.7. The Labute approximate surface area is 181 Å². The Morgan fingerprint density at radius 2 is 1.84 bits per heavy atom. The van der Waals surface area contributed by atoms with Crippen LogP contribution in [-0.4, -0.2) is 10.5 Å². The van der Waals surface area contributed by atoms with E-state index in [4.69, 9.17) is 16.3 Å². The molecule has 1 amide bonds. The van der Waals surface area contributed by atoms with Crippen molar-refractivity contribution >= 4 is 17.5 Å². The van der Waals surface area contributed by atoms with E-state index in [2.05, 4.69) is 5.32 Å². The van der Waals surface area contributed by atoms with Crippen LogP contribution in [0.3, 0.4) is 0 Å². The van der Waals surface area contributed by atoms with E-state index in [9.17, 15) is 22.8 Å². The summed E-state index contributed by atoms with van der Waals surface area (Å²) in [6, 6.07) is 8.57. The molecule has 0 saturated carbocycles. The van der Waals surface area contributed by atoms with Crippen LogP contribution in [0.2, 0.25) is 5.02 Å². The van der Waals surface area contributed by atoms with Crippen LogP contribution in [-0.2, 0) is 17.9 Å². The van der Waals surface area contributed by atoms with Crippen molar-refractivity contribution in [2.45, 2.75) is 27.0 Å². The van der Waals surface area contributed by atoms with E-state index in [1.165, 1.54) is 37.3 Å². The van der Waals surface area contributed by atoms with Crippen molar-refractivity contribution in [1.29, 1.82) is 0 Å². The number of hydrogen-bond acceptors (Lipinski definition) is 3. The molecule has 0 aliphatic rings. The molecule has 0 aliphatic heterocycles. The molecule has 1 N–H and O–H groups in total. The first kappa shape index (κ1) is 22.4. The first-order valence-corrected chi connectivity index (χ1v) is 9.57. The summed E-state index contributed by atoms with van der Waals surface area (Å²) in [5, 5.41) is 2.28. The highest BCUT2D eigenvalue weighted by molar-refractivity contribution is 6.31. The second-order valence-corrected chi connectivity index (χ2v) is 7.20. The van der Waals surface area contributed by atoms with Crippen molar-refractivity contribution in [2.24, 2.45) is 0 Å². The molecule has 0 atom stereocenters. The van der Waals surface area contributed by atoms with Gasteiger partial charge in [0.2, 0.25) is 5.91 Å². The maximum absolute atomic E-state index is 14.5. The number of amides is 1. The van der Waals surface area contributed by atoms with E-state index < -0.39 is 23.0 Å². The van der Waals surface area contributed by atoms with Crippen molar-refractivity contribution in [3.8, 4) is 11.4 Å². The minimum Gasteiger partial charge on any atom is -0.487 e. The van der Waals surface area contributed by atoms with Gasteiger partial charge in [-0.15, -0.1) is 0 Å². The molecule has 9 heteroatoms. The number of ether oxygens (including phenoxy) is 1. The van der Waals surface area contributed by atoms with Gasteiger partial charge >= 0.3 is 0 Å². The van der Waals surface area contributed by atoms with Crippen molar-refractivity contribution in [3.63, 3.8) is 0 Å². The number of nitrogens with zero attached hydrogens (tertiary/aromatic N) is 1. The fourth-order valence-electron chi connectivity index (χ4n) is 2.95. The van der Waals surface area contributed by atoms with Gasteiger partial charge in [0, 0.05) is 36.9 Å². The zero-order valence-electron chi connectivity index (χ0n) is 16.6. The maximum Gasteiger partial charge on any atom is 0.277 e. The van der Waals surface area contributed by atoms with Crippen molar-refractivity contribution in [3.05, 3.63) is 92.1 Å². The molecule has 2 aromatic carbocycles. The van der Waals surface area contributed by atoms with E-state index >= 15 is 0 Å². The Hall–Kier alpha value is -3.26. The molecule has 0 unspecified atom stereocenters. The number of rotatable bonds is 6. The molecule has 5 nitrogen and oxygen atoms in total. The van der Waals surface area contributed by atoms with Crippen LogP contribution in [0.15, 0.2) is 47.3 Å². The average molecular weight is 451 g/mol. The fourth-order valence-corrected chi connectivity index (χ4v) is 3.14. The minimum absolute atomic E-state index is 0.0149. The lowest BCUT2D eigenvalue weighted by Gasteiger charge is -2.16. The number of carbonyl (C=O) groups is 1. The lowest BCUT2D eigenvalue weighted by Crippen LogP contribution is -2.23. The summed E-state index contributed by atoms with van der Waals surface area (Å²) in [6.07, 6.45) is 0. The summed E-state index contributed by atoms with van der Waals surface area (Å²) in [7, 11) is 0. The summed E-state index contributed by atoms with van der Waals surface area (Å²) < 4.78 is 47.9. The normalized spacial score (nSPS) is 10.8. The maximum atomic E-state index is 14.5. The lowest BCUT2D eigenvalue weighted by molar-refractivity contribution is -0.119. The zero-order chi connectivity index (χ0) is 22.7. The molecule has 0 saturated heterocycles. The van der Waals surface area contributed by atoms with Crippen LogP contribution in [0.25, 0.3) is 5.69 Å². The van der Waals surface area contributed by atoms with Gasteiger partial charge in [0.1, 0.15) is 34.8 Å². The van der Waals surface area contributed by atoms with E-state index in [0.717, 1.165) is 16.7 Å². The fraction of sp³-hybridized carbons (Fsp3) is 0.182. The van der Waals surface area contributed by atoms with Crippen LogP contribution in [0.1, 0.15) is 23.7 Å². The third kappa shape index (κ3) is 5.08. The van der Waals surface area contributed by atoms with E-state index in [0.29, 0.717) is 11.3 Å². The van der Waals surface area contributed by atoms with Crippen LogP contribution < -0.4 is 15.6 Å². The van der Waals surface area contributed by atoms with Gasteiger partial charge in [0.15, 0.2) is 0 Å². The third-order valence-electron chi connectivity index (χ3n) is 4.49. The number of nitrogens with one attached hydrogen (secondary N) is 1. The van der Waals surface area contributed by atoms with Crippen LogP contribution >= 0.6 is 11.6 Å². The molecular formula is C22H18ClF3N2O3. The number of benzene rings is 2. The Morgan fingerprint density at radius 3 is 2.52 bits per heavy atom. The third-order valence-corrected chi connectivity index (χ3v) is 4.84. The van der Waals surface area contributed by atoms with Crippen LogP contribution in [0.4, 0.5) is 13.2 Å². The standard InChI is InChI=1S/C22H18ClF3N2O3/c1-12-7-20(31-11-15-4-5-16(24)9-18(15)26)21(23)22(30)28(12)19-8-14(3-6-17(19)25)10-27-13(2)29/h3-9H,10-11H2,1-2H3,(H,27,29). The highest BCUT2D eigenvalue weighted by Crippen LogP contribution is 2.26. The zero-order valence-corrected chi connectivity index (χ0v) is 17.4. The lowest BCUT2D eigenvalue weighted by atomic mass is 10.1. The van der Waals surface area contributed by atoms with Gasteiger partial charge in [0.25, 0.3) is 5.56 Å².